The molecule has 3 rings (SSSR count). The van der Waals surface area contributed by atoms with Crippen molar-refractivity contribution in [1.82, 2.24) is 5.32 Å². The topological polar surface area (TPSA) is 89.3 Å². The summed E-state index contributed by atoms with van der Waals surface area (Å²) in [5.41, 5.74) is 2.97. The second-order valence-corrected chi connectivity index (χ2v) is 8.54. The molecule has 0 heterocycles. The minimum Gasteiger partial charge on any atom is -0.350 e. The van der Waals surface area contributed by atoms with E-state index in [9.17, 15) is 13.2 Å². The molecule has 0 aromatic heterocycles. The number of sulfonamides is 1. The standard InChI is InChI=1S/C23H24N2O3S/c1-17(18-12-14-21(15-13-18)29(24,27)28)25-23(26)16-22(19-8-4-2-5-9-19)20-10-6-3-7-11-20/h2-15,17,22H,16H2,1H3,(H,25,26)(H2,24,27,28)/t17-/m0/s1. The molecule has 1 amide bonds. The van der Waals surface area contributed by atoms with E-state index in [1.165, 1.54) is 12.1 Å². The molecule has 0 aliphatic rings. The molecule has 0 radical (unpaired) electrons. The number of carbonyl (C=O) groups excluding carboxylic acids is 1. The molecular weight excluding hydrogens is 384 g/mol. The number of hydrogen-bond donors (Lipinski definition) is 2. The predicted octanol–water partition coefficient (Wildman–Crippen LogP) is 3.73. The van der Waals surface area contributed by atoms with Crippen molar-refractivity contribution in [2.24, 2.45) is 5.14 Å². The van der Waals surface area contributed by atoms with Crippen LogP contribution in [0.4, 0.5) is 0 Å². The highest BCUT2D eigenvalue weighted by Crippen LogP contribution is 2.28. The minimum absolute atomic E-state index is 0.0469. The Morgan fingerprint density at radius 1 is 0.828 bits per heavy atom. The zero-order valence-corrected chi connectivity index (χ0v) is 17.0. The zero-order valence-electron chi connectivity index (χ0n) is 16.2. The summed E-state index contributed by atoms with van der Waals surface area (Å²) >= 11 is 0. The van der Waals surface area contributed by atoms with Gasteiger partial charge >= 0.3 is 0 Å². The second kappa shape index (κ2) is 9.03. The average molecular weight is 409 g/mol. The summed E-state index contributed by atoms with van der Waals surface area (Å²) in [6, 6.07) is 25.9. The van der Waals surface area contributed by atoms with Crippen LogP contribution < -0.4 is 10.5 Å². The lowest BCUT2D eigenvalue weighted by atomic mass is 9.88. The van der Waals surface area contributed by atoms with Gasteiger partial charge < -0.3 is 5.32 Å². The Hall–Kier alpha value is -2.96. The third-order valence-corrected chi connectivity index (χ3v) is 5.81. The molecule has 5 nitrogen and oxygen atoms in total. The molecule has 6 heteroatoms. The quantitative estimate of drug-likeness (QED) is 0.624. The summed E-state index contributed by atoms with van der Waals surface area (Å²) < 4.78 is 22.8. The van der Waals surface area contributed by atoms with E-state index in [0.717, 1.165) is 16.7 Å². The van der Waals surface area contributed by atoms with Crippen LogP contribution in [0.5, 0.6) is 0 Å². The number of benzene rings is 3. The molecule has 0 aliphatic carbocycles. The first-order chi connectivity index (χ1) is 13.8. The highest BCUT2D eigenvalue weighted by Gasteiger charge is 2.19. The monoisotopic (exact) mass is 408 g/mol. The smallest absolute Gasteiger partial charge is 0.238 e. The highest BCUT2D eigenvalue weighted by atomic mass is 32.2. The molecule has 0 unspecified atom stereocenters. The fourth-order valence-electron chi connectivity index (χ4n) is 3.31. The van der Waals surface area contributed by atoms with Crippen LogP contribution in [-0.2, 0) is 14.8 Å². The molecule has 150 valence electrons. The maximum Gasteiger partial charge on any atom is 0.238 e. The third kappa shape index (κ3) is 5.53. The molecule has 0 saturated carbocycles. The van der Waals surface area contributed by atoms with Gasteiger partial charge in [0.2, 0.25) is 15.9 Å². The fourth-order valence-corrected chi connectivity index (χ4v) is 3.83. The van der Waals surface area contributed by atoms with Gasteiger partial charge in [0.15, 0.2) is 0 Å². The first kappa shape index (κ1) is 20.8. The van der Waals surface area contributed by atoms with Gasteiger partial charge in [0.25, 0.3) is 0 Å². The SMILES string of the molecule is C[C@H](NC(=O)CC(c1ccccc1)c1ccccc1)c1ccc(S(N)(=O)=O)cc1. The number of nitrogens with two attached hydrogens (primary N) is 1. The number of hydrogen-bond acceptors (Lipinski definition) is 3. The fraction of sp³-hybridized carbons (Fsp3) is 0.174. The predicted molar refractivity (Wildman–Crippen MR) is 114 cm³/mol. The Balaban J connectivity index is 1.73. The van der Waals surface area contributed by atoms with E-state index in [1.807, 2.05) is 67.6 Å². The van der Waals surface area contributed by atoms with E-state index >= 15 is 0 Å². The summed E-state index contributed by atoms with van der Waals surface area (Å²) in [5, 5.41) is 8.14. The highest BCUT2D eigenvalue weighted by molar-refractivity contribution is 7.89. The lowest BCUT2D eigenvalue weighted by Crippen LogP contribution is -2.28. The number of primary sulfonamides is 1. The van der Waals surface area contributed by atoms with Gasteiger partial charge in [-0.25, -0.2) is 13.6 Å². The largest absolute Gasteiger partial charge is 0.350 e. The van der Waals surface area contributed by atoms with Gasteiger partial charge in [0, 0.05) is 12.3 Å². The van der Waals surface area contributed by atoms with E-state index in [4.69, 9.17) is 5.14 Å². The average Bonchev–Trinajstić information content (AvgIpc) is 2.73. The second-order valence-electron chi connectivity index (χ2n) is 6.98. The maximum absolute atomic E-state index is 12.8. The lowest BCUT2D eigenvalue weighted by molar-refractivity contribution is -0.121. The van der Waals surface area contributed by atoms with Crippen LogP contribution in [0.2, 0.25) is 0 Å². The Morgan fingerprint density at radius 2 is 1.31 bits per heavy atom. The summed E-state index contributed by atoms with van der Waals surface area (Å²) in [6.45, 7) is 1.86. The Kier molecular flexibility index (Phi) is 6.46. The van der Waals surface area contributed by atoms with Gasteiger partial charge in [-0.15, -0.1) is 0 Å². The molecule has 0 aliphatic heterocycles. The summed E-state index contributed by atoms with van der Waals surface area (Å²) in [7, 11) is -3.73. The molecule has 0 saturated heterocycles. The Labute approximate surface area is 171 Å². The van der Waals surface area contributed by atoms with E-state index in [2.05, 4.69) is 5.32 Å². The number of rotatable bonds is 7. The molecule has 3 aromatic carbocycles. The van der Waals surface area contributed by atoms with Crippen molar-refractivity contribution in [2.75, 3.05) is 0 Å². The van der Waals surface area contributed by atoms with Gasteiger partial charge in [-0.3, -0.25) is 4.79 Å². The van der Waals surface area contributed by atoms with Crippen molar-refractivity contribution in [3.05, 3.63) is 102 Å². The summed E-state index contributed by atoms with van der Waals surface area (Å²) in [5.74, 6) is -0.125. The first-order valence-electron chi connectivity index (χ1n) is 9.36. The van der Waals surface area contributed by atoms with Crippen LogP contribution >= 0.6 is 0 Å². The van der Waals surface area contributed by atoms with Gasteiger partial charge in [-0.05, 0) is 35.7 Å². The van der Waals surface area contributed by atoms with Crippen molar-refractivity contribution >= 4 is 15.9 Å². The van der Waals surface area contributed by atoms with Crippen LogP contribution in [0.1, 0.15) is 42.0 Å². The number of carbonyl (C=O) groups is 1. The van der Waals surface area contributed by atoms with E-state index in [0.29, 0.717) is 6.42 Å². The van der Waals surface area contributed by atoms with Gasteiger partial charge in [-0.2, -0.15) is 0 Å². The van der Waals surface area contributed by atoms with Crippen molar-refractivity contribution in [3.63, 3.8) is 0 Å². The molecule has 3 aromatic rings. The van der Waals surface area contributed by atoms with E-state index in [-0.39, 0.29) is 22.8 Å². The third-order valence-electron chi connectivity index (χ3n) is 4.88. The summed E-state index contributed by atoms with van der Waals surface area (Å²) in [4.78, 5) is 12.8. The molecule has 0 bridgehead atoms. The molecule has 3 N–H and O–H groups in total. The summed E-state index contributed by atoms with van der Waals surface area (Å²) in [6.07, 6.45) is 0.313. The molecule has 29 heavy (non-hydrogen) atoms. The van der Waals surface area contributed by atoms with Crippen LogP contribution in [0.3, 0.4) is 0 Å². The number of amides is 1. The van der Waals surface area contributed by atoms with Crippen LogP contribution in [0.15, 0.2) is 89.8 Å². The maximum atomic E-state index is 12.8. The van der Waals surface area contributed by atoms with Crippen LogP contribution in [0.25, 0.3) is 0 Å². The van der Waals surface area contributed by atoms with Gasteiger partial charge in [0.1, 0.15) is 0 Å². The molecule has 1 atom stereocenters. The lowest BCUT2D eigenvalue weighted by Gasteiger charge is -2.20. The number of nitrogens with one attached hydrogen (secondary N) is 1. The Bertz CT molecular complexity index is 1010. The normalized spacial score (nSPS) is 12.5. The van der Waals surface area contributed by atoms with Crippen molar-refractivity contribution < 1.29 is 13.2 Å². The van der Waals surface area contributed by atoms with Crippen LogP contribution in [-0.4, -0.2) is 14.3 Å². The zero-order chi connectivity index (χ0) is 20.9. The Morgan fingerprint density at radius 3 is 1.76 bits per heavy atom. The van der Waals surface area contributed by atoms with E-state index in [1.54, 1.807) is 12.1 Å². The van der Waals surface area contributed by atoms with Gasteiger partial charge in [0.05, 0.1) is 10.9 Å². The van der Waals surface area contributed by atoms with Crippen LogP contribution in [0, 0.1) is 0 Å². The molecular formula is C23H24N2O3S. The van der Waals surface area contributed by atoms with Gasteiger partial charge in [-0.1, -0.05) is 72.8 Å². The minimum atomic E-state index is -3.73. The van der Waals surface area contributed by atoms with E-state index < -0.39 is 10.0 Å². The van der Waals surface area contributed by atoms with Crippen molar-refractivity contribution in [3.8, 4) is 0 Å². The molecule has 0 spiro atoms. The molecule has 0 fully saturated rings. The first-order valence-corrected chi connectivity index (χ1v) is 10.9. The van der Waals surface area contributed by atoms with Crippen molar-refractivity contribution in [1.29, 1.82) is 0 Å². The van der Waals surface area contributed by atoms with Crippen molar-refractivity contribution in [2.45, 2.75) is 30.2 Å².